The largest absolute Gasteiger partial charge is 0.464 e. The van der Waals surface area contributed by atoms with Gasteiger partial charge in [-0.2, -0.15) is 0 Å². The first-order valence-electron chi connectivity index (χ1n) is 8.41. The maximum Gasteiger partial charge on any atom is 0.357 e. The quantitative estimate of drug-likeness (QED) is 0.472. The molecular formula is C23H17NO2. The second-order valence-corrected chi connectivity index (χ2v) is 5.95. The molecule has 0 fully saturated rings. The molecule has 0 unspecified atom stereocenters. The molecule has 0 aliphatic carbocycles. The third-order valence-corrected chi connectivity index (χ3v) is 4.40. The van der Waals surface area contributed by atoms with E-state index in [-0.39, 0.29) is 0 Å². The Morgan fingerprint density at radius 1 is 0.731 bits per heavy atom. The lowest BCUT2D eigenvalue weighted by atomic mass is 9.93. The second-order valence-electron chi connectivity index (χ2n) is 5.95. The van der Waals surface area contributed by atoms with Crippen molar-refractivity contribution in [3.8, 4) is 22.4 Å². The number of benzene rings is 3. The molecule has 0 amide bonds. The van der Waals surface area contributed by atoms with Crippen molar-refractivity contribution in [2.45, 2.75) is 0 Å². The Morgan fingerprint density at radius 3 is 1.88 bits per heavy atom. The summed E-state index contributed by atoms with van der Waals surface area (Å²) in [6, 6.07) is 27.9. The smallest absolute Gasteiger partial charge is 0.357 e. The lowest BCUT2D eigenvalue weighted by Gasteiger charge is -2.15. The molecule has 1 aromatic heterocycles. The summed E-state index contributed by atoms with van der Waals surface area (Å²) in [6.07, 6.45) is 0. The number of aromatic nitrogens is 1. The van der Waals surface area contributed by atoms with Gasteiger partial charge in [0.1, 0.15) is 0 Å². The van der Waals surface area contributed by atoms with E-state index in [0.29, 0.717) is 5.69 Å². The summed E-state index contributed by atoms with van der Waals surface area (Å²) in [6.45, 7) is 0. The average molecular weight is 339 g/mol. The summed E-state index contributed by atoms with van der Waals surface area (Å²) >= 11 is 0. The number of pyridine rings is 1. The highest BCUT2D eigenvalue weighted by molar-refractivity contribution is 6.10. The fourth-order valence-electron chi connectivity index (χ4n) is 3.22. The molecule has 0 bridgehead atoms. The van der Waals surface area contributed by atoms with Crippen LogP contribution in [0, 0.1) is 0 Å². The van der Waals surface area contributed by atoms with Crippen LogP contribution in [0.4, 0.5) is 0 Å². The highest BCUT2D eigenvalue weighted by Gasteiger charge is 2.20. The lowest BCUT2D eigenvalue weighted by molar-refractivity contribution is 0.0596. The van der Waals surface area contributed by atoms with Gasteiger partial charge in [0.05, 0.1) is 12.8 Å². The zero-order valence-electron chi connectivity index (χ0n) is 14.3. The van der Waals surface area contributed by atoms with Crippen molar-refractivity contribution in [3.05, 3.63) is 90.6 Å². The van der Waals surface area contributed by atoms with Gasteiger partial charge in [0.2, 0.25) is 0 Å². The molecule has 1 heterocycles. The van der Waals surface area contributed by atoms with Crippen molar-refractivity contribution in [2.24, 2.45) is 0 Å². The molecule has 0 N–H and O–H groups in total. The van der Waals surface area contributed by atoms with Crippen molar-refractivity contribution in [3.63, 3.8) is 0 Å². The minimum absolute atomic E-state index is 0.335. The summed E-state index contributed by atoms with van der Waals surface area (Å²) in [7, 11) is 1.38. The van der Waals surface area contributed by atoms with Crippen LogP contribution in [-0.2, 0) is 4.74 Å². The number of carbonyl (C=O) groups excluding carboxylic acids is 1. The van der Waals surface area contributed by atoms with E-state index in [2.05, 4.69) is 12.1 Å². The van der Waals surface area contributed by atoms with Gasteiger partial charge in [-0.3, -0.25) is 0 Å². The number of methoxy groups -OCH3 is 1. The van der Waals surface area contributed by atoms with E-state index >= 15 is 0 Å². The highest BCUT2D eigenvalue weighted by atomic mass is 16.5. The molecule has 3 aromatic carbocycles. The fourth-order valence-corrected chi connectivity index (χ4v) is 3.22. The number of hydrogen-bond donors (Lipinski definition) is 0. The van der Waals surface area contributed by atoms with Crippen LogP contribution in [0.3, 0.4) is 0 Å². The second kappa shape index (κ2) is 6.81. The first-order valence-corrected chi connectivity index (χ1v) is 8.41. The SMILES string of the molecule is COC(=O)c1nc(-c2ccccc2)c(-c2ccccc2)c2ccccc12. The third-order valence-electron chi connectivity index (χ3n) is 4.40. The molecule has 3 nitrogen and oxygen atoms in total. The molecule has 0 aliphatic rings. The Kier molecular flexibility index (Phi) is 4.20. The minimum Gasteiger partial charge on any atom is -0.464 e. The third kappa shape index (κ3) is 2.74. The fraction of sp³-hybridized carbons (Fsp3) is 0.0435. The van der Waals surface area contributed by atoms with Gasteiger partial charge in [0.25, 0.3) is 0 Å². The molecule has 0 saturated carbocycles. The van der Waals surface area contributed by atoms with Crippen molar-refractivity contribution >= 4 is 16.7 Å². The summed E-state index contributed by atoms with van der Waals surface area (Å²) in [5.41, 5.74) is 4.14. The van der Waals surface area contributed by atoms with Crippen molar-refractivity contribution in [1.82, 2.24) is 4.98 Å². The molecule has 4 aromatic rings. The number of hydrogen-bond acceptors (Lipinski definition) is 3. The Labute approximate surface area is 151 Å². The molecule has 0 spiro atoms. The van der Waals surface area contributed by atoms with E-state index < -0.39 is 5.97 Å². The van der Waals surface area contributed by atoms with Gasteiger partial charge >= 0.3 is 5.97 Å². The normalized spacial score (nSPS) is 10.7. The monoisotopic (exact) mass is 339 g/mol. The number of ether oxygens (including phenoxy) is 1. The number of nitrogens with zero attached hydrogens (tertiary/aromatic N) is 1. The van der Waals surface area contributed by atoms with Crippen LogP contribution in [0.5, 0.6) is 0 Å². The van der Waals surface area contributed by atoms with E-state index in [4.69, 9.17) is 9.72 Å². The van der Waals surface area contributed by atoms with Gasteiger partial charge in [0.15, 0.2) is 5.69 Å². The Balaban J connectivity index is 2.15. The van der Waals surface area contributed by atoms with Crippen LogP contribution in [0.2, 0.25) is 0 Å². The first kappa shape index (κ1) is 16.0. The first-order chi connectivity index (χ1) is 12.8. The number of esters is 1. The summed E-state index contributed by atoms with van der Waals surface area (Å²) in [5, 5.41) is 1.77. The molecule has 0 saturated heterocycles. The van der Waals surface area contributed by atoms with E-state index in [1.54, 1.807) is 0 Å². The predicted molar refractivity (Wildman–Crippen MR) is 104 cm³/mol. The van der Waals surface area contributed by atoms with Crippen molar-refractivity contribution in [2.75, 3.05) is 7.11 Å². The van der Waals surface area contributed by atoms with Gasteiger partial charge in [-0.15, -0.1) is 0 Å². The lowest BCUT2D eigenvalue weighted by Crippen LogP contribution is -2.07. The van der Waals surface area contributed by atoms with E-state index in [1.807, 2.05) is 72.8 Å². The van der Waals surface area contributed by atoms with Crippen LogP contribution in [0.25, 0.3) is 33.2 Å². The molecule has 4 rings (SSSR count). The summed E-state index contributed by atoms with van der Waals surface area (Å²) < 4.78 is 4.98. The van der Waals surface area contributed by atoms with Gasteiger partial charge in [-0.25, -0.2) is 9.78 Å². The topological polar surface area (TPSA) is 39.2 Å². The molecule has 3 heteroatoms. The van der Waals surface area contributed by atoms with Gasteiger partial charge < -0.3 is 4.74 Å². The van der Waals surface area contributed by atoms with Crippen LogP contribution in [-0.4, -0.2) is 18.1 Å². The molecule has 26 heavy (non-hydrogen) atoms. The molecule has 0 radical (unpaired) electrons. The molecule has 0 aliphatic heterocycles. The van der Waals surface area contributed by atoms with E-state index in [0.717, 1.165) is 33.2 Å². The van der Waals surface area contributed by atoms with Crippen LogP contribution < -0.4 is 0 Å². The highest BCUT2D eigenvalue weighted by Crippen LogP contribution is 2.37. The van der Waals surface area contributed by atoms with Crippen LogP contribution in [0.15, 0.2) is 84.9 Å². The maximum atomic E-state index is 12.4. The number of fused-ring (bicyclic) bond motifs is 1. The summed E-state index contributed by atoms with van der Waals surface area (Å²) in [4.78, 5) is 17.1. The van der Waals surface area contributed by atoms with Gasteiger partial charge in [0, 0.05) is 16.5 Å². The Morgan fingerprint density at radius 2 is 1.27 bits per heavy atom. The van der Waals surface area contributed by atoms with Crippen molar-refractivity contribution in [1.29, 1.82) is 0 Å². The van der Waals surface area contributed by atoms with E-state index in [9.17, 15) is 4.79 Å². The Hall–Kier alpha value is -3.46. The molecular weight excluding hydrogens is 322 g/mol. The maximum absolute atomic E-state index is 12.4. The minimum atomic E-state index is -0.432. The number of carbonyl (C=O) groups is 1. The predicted octanol–water partition coefficient (Wildman–Crippen LogP) is 5.36. The van der Waals surface area contributed by atoms with Crippen molar-refractivity contribution < 1.29 is 9.53 Å². The summed E-state index contributed by atoms with van der Waals surface area (Å²) in [5.74, 6) is -0.432. The standard InChI is InChI=1S/C23H17NO2/c1-26-23(25)22-19-15-9-8-14-18(19)20(16-10-4-2-5-11-16)21(24-22)17-12-6-3-7-13-17/h2-15H,1H3. The van der Waals surface area contributed by atoms with E-state index in [1.165, 1.54) is 7.11 Å². The average Bonchev–Trinajstić information content (AvgIpc) is 2.73. The van der Waals surface area contributed by atoms with Crippen LogP contribution >= 0.6 is 0 Å². The number of rotatable bonds is 3. The van der Waals surface area contributed by atoms with Gasteiger partial charge in [-0.1, -0.05) is 84.9 Å². The zero-order valence-corrected chi connectivity index (χ0v) is 14.3. The zero-order chi connectivity index (χ0) is 17.9. The Bertz CT molecular complexity index is 1070. The molecule has 0 atom stereocenters. The van der Waals surface area contributed by atoms with Crippen LogP contribution in [0.1, 0.15) is 10.5 Å². The van der Waals surface area contributed by atoms with Gasteiger partial charge in [-0.05, 0) is 10.9 Å². The molecule has 126 valence electrons.